The number of halogens is 3. The Morgan fingerprint density at radius 3 is 2.48 bits per heavy atom. The van der Waals surface area contributed by atoms with Crippen molar-refractivity contribution in [2.45, 2.75) is 6.42 Å². The number of H-pyrrole nitrogens is 1. The Morgan fingerprint density at radius 1 is 1.00 bits per heavy atom. The van der Waals surface area contributed by atoms with Crippen molar-refractivity contribution in [3.8, 4) is 11.4 Å². The molecule has 3 nitrogen and oxygen atoms in total. The van der Waals surface area contributed by atoms with Gasteiger partial charge in [-0.15, -0.1) is 0 Å². The van der Waals surface area contributed by atoms with Crippen LogP contribution in [0.25, 0.3) is 22.4 Å². The minimum absolute atomic E-state index is 0.0834. The van der Waals surface area contributed by atoms with E-state index in [0.29, 0.717) is 21.6 Å². The zero-order chi connectivity index (χ0) is 19.0. The number of ketones is 1. The van der Waals surface area contributed by atoms with Gasteiger partial charge in [0.15, 0.2) is 5.78 Å². The third-order valence-corrected chi connectivity index (χ3v) is 4.49. The van der Waals surface area contributed by atoms with Crippen molar-refractivity contribution in [2.75, 3.05) is 0 Å². The molecular formula is C21H13ClF2N2O. The molecule has 0 aliphatic heterocycles. The number of imidazole rings is 1. The Hall–Kier alpha value is -3.05. The number of rotatable bonds is 4. The molecule has 0 amide bonds. The van der Waals surface area contributed by atoms with Gasteiger partial charge in [-0.1, -0.05) is 29.8 Å². The van der Waals surface area contributed by atoms with Gasteiger partial charge in [-0.2, -0.15) is 0 Å². The van der Waals surface area contributed by atoms with Gasteiger partial charge in [0.05, 0.1) is 16.6 Å². The number of nitrogens with zero attached hydrogens (tertiary/aromatic N) is 1. The van der Waals surface area contributed by atoms with Crippen LogP contribution in [0.5, 0.6) is 0 Å². The van der Waals surface area contributed by atoms with Gasteiger partial charge in [0.2, 0.25) is 0 Å². The van der Waals surface area contributed by atoms with Crippen molar-refractivity contribution in [1.82, 2.24) is 9.97 Å². The maximum Gasteiger partial charge on any atom is 0.167 e. The third kappa shape index (κ3) is 3.46. The number of hydrogen-bond acceptors (Lipinski definition) is 2. The molecule has 0 aliphatic carbocycles. The highest BCUT2D eigenvalue weighted by atomic mass is 35.5. The molecule has 0 saturated heterocycles. The van der Waals surface area contributed by atoms with Crippen molar-refractivity contribution < 1.29 is 13.6 Å². The first-order valence-electron chi connectivity index (χ1n) is 8.23. The van der Waals surface area contributed by atoms with Gasteiger partial charge < -0.3 is 4.98 Å². The average Bonchev–Trinajstić information content (AvgIpc) is 3.04. The largest absolute Gasteiger partial charge is 0.338 e. The van der Waals surface area contributed by atoms with Crippen LogP contribution in [0.3, 0.4) is 0 Å². The van der Waals surface area contributed by atoms with Gasteiger partial charge in [-0.05, 0) is 48.0 Å². The minimum Gasteiger partial charge on any atom is -0.338 e. The third-order valence-electron chi connectivity index (χ3n) is 4.26. The fourth-order valence-corrected chi connectivity index (χ4v) is 3.17. The summed E-state index contributed by atoms with van der Waals surface area (Å²) in [6, 6.07) is 15.7. The molecule has 0 aliphatic rings. The van der Waals surface area contributed by atoms with Crippen LogP contribution >= 0.6 is 11.6 Å². The lowest BCUT2D eigenvalue weighted by Crippen LogP contribution is -2.03. The molecule has 0 fully saturated rings. The van der Waals surface area contributed by atoms with Crippen LogP contribution in [0.4, 0.5) is 8.78 Å². The number of hydrogen-bond donors (Lipinski definition) is 1. The molecule has 134 valence electrons. The van der Waals surface area contributed by atoms with Crippen LogP contribution in [0.15, 0.2) is 60.7 Å². The van der Waals surface area contributed by atoms with Crippen molar-refractivity contribution in [3.05, 3.63) is 88.4 Å². The van der Waals surface area contributed by atoms with Crippen LogP contribution < -0.4 is 0 Å². The van der Waals surface area contributed by atoms with Gasteiger partial charge in [0.25, 0.3) is 0 Å². The first-order valence-corrected chi connectivity index (χ1v) is 8.61. The molecule has 0 unspecified atom stereocenters. The second-order valence-corrected chi connectivity index (χ2v) is 6.58. The summed E-state index contributed by atoms with van der Waals surface area (Å²) in [6.45, 7) is 0. The monoisotopic (exact) mass is 382 g/mol. The van der Waals surface area contributed by atoms with Crippen molar-refractivity contribution in [3.63, 3.8) is 0 Å². The number of carbonyl (C=O) groups excluding carboxylic acids is 1. The number of benzene rings is 3. The highest BCUT2D eigenvalue weighted by Crippen LogP contribution is 2.26. The van der Waals surface area contributed by atoms with Crippen molar-refractivity contribution >= 4 is 28.4 Å². The first-order chi connectivity index (χ1) is 13.0. The lowest BCUT2D eigenvalue weighted by atomic mass is 10.0. The summed E-state index contributed by atoms with van der Waals surface area (Å²) in [5, 5.41) is 0.570. The predicted octanol–water partition coefficient (Wildman–Crippen LogP) is 5.59. The van der Waals surface area contributed by atoms with E-state index in [1.165, 1.54) is 18.2 Å². The molecule has 3 aromatic carbocycles. The molecule has 6 heteroatoms. The Bertz CT molecular complexity index is 1150. The zero-order valence-corrected chi connectivity index (χ0v) is 14.7. The Labute approximate surface area is 158 Å². The smallest absolute Gasteiger partial charge is 0.167 e. The van der Waals surface area contributed by atoms with Crippen LogP contribution in [-0.2, 0) is 6.42 Å². The van der Waals surface area contributed by atoms with E-state index in [0.717, 1.165) is 5.56 Å². The Morgan fingerprint density at radius 2 is 1.74 bits per heavy atom. The van der Waals surface area contributed by atoms with Gasteiger partial charge in [-0.25, -0.2) is 13.8 Å². The van der Waals surface area contributed by atoms with Crippen molar-refractivity contribution in [2.24, 2.45) is 0 Å². The number of aromatic nitrogens is 2. The summed E-state index contributed by atoms with van der Waals surface area (Å²) >= 11 is 5.95. The molecule has 4 aromatic rings. The number of Topliss-reactive ketones (excluding diaryl/α,β-unsaturated/α-hetero) is 1. The predicted molar refractivity (Wildman–Crippen MR) is 101 cm³/mol. The highest BCUT2D eigenvalue weighted by molar-refractivity contribution is 6.30. The summed E-state index contributed by atoms with van der Waals surface area (Å²) in [4.78, 5) is 19.7. The Kier molecular flexibility index (Phi) is 4.46. The van der Waals surface area contributed by atoms with Crippen LogP contribution in [0, 0.1) is 11.6 Å². The van der Waals surface area contributed by atoms with Gasteiger partial charge in [0, 0.05) is 17.0 Å². The average molecular weight is 383 g/mol. The van der Waals surface area contributed by atoms with Gasteiger partial charge >= 0.3 is 0 Å². The molecular weight excluding hydrogens is 370 g/mol. The van der Waals surface area contributed by atoms with E-state index in [1.54, 1.807) is 36.4 Å². The molecule has 0 atom stereocenters. The molecule has 27 heavy (non-hydrogen) atoms. The molecule has 0 radical (unpaired) electrons. The number of nitrogens with one attached hydrogen (secondary N) is 1. The highest BCUT2D eigenvalue weighted by Gasteiger charge is 2.16. The topological polar surface area (TPSA) is 45.8 Å². The first kappa shape index (κ1) is 17.4. The van der Waals surface area contributed by atoms with E-state index in [1.807, 2.05) is 6.07 Å². The lowest BCUT2D eigenvalue weighted by Gasteiger charge is -2.02. The number of fused-ring (bicyclic) bond motifs is 1. The van der Waals surface area contributed by atoms with Gasteiger partial charge in [0.1, 0.15) is 17.5 Å². The summed E-state index contributed by atoms with van der Waals surface area (Å²) in [5.74, 6) is -1.41. The van der Waals surface area contributed by atoms with E-state index in [9.17, 15) is 13.6 Å². The summed E-state index contributed by atoms with van der Waals surface area (Å²) < 4.78 is 28.0. The van der Waals surface area contributed by atoms with Crippen LogP contribution in [-0.4, -0.2) is 15.8 Å². The zero-order valence-electron chi connectivity index (χ0n) is 14.0. The van der Waals surface area contributed by atoms with Gasteiger partial charge in [-0.3, -0.25) is 4.79 Å². The number of aromatic amines is 1. The molecule has 1 heterocycles. The van der Waals surface area contributed by atoms with Crippen LogP contribution in [0.1, 0.15) is 15.9 Å². The lowest BCUT2D eigenvalue weighted by molar-refractivity contribution is 0.0993. The molecule has 0 spiro atoms. The summed E-state index contributed by atoms with van der Waals surface area (Å²) in [5.41, 5.74) is 2.12. The molecule has 4 rings (SSSR count). The standard InChI is InChI=1S/C21H13ClF2N2O/c22-14-4-1-3-12(9-14)10-19(27)13-7-8-17-18(11-13)26-21(25-17)20-15(23)5-2-6-16(20)24/h1-9,11H,10H2,(H,25,26). The summed E-state index contributed by atoms with van der Waals surface area (Å²) in [7, 11) is 0. The molecule has 1 aromatic heterocycles. The second-order valence-electron chi connectivity index (χ2n) is 6.14. The van der Waals surface area contributed by atoms with E-state index in [4.69, 9.17) is 11.6 Å². The molecule has 0 saturated carbocycles. The second kappa shape index (κ2) is 6.93. The minimum atomic E-state index is -0.702. The SMILES string of the molecule is O=C(Cc1cccc(Cl)c1)c1ccc2nc(-c3c(F)cccc3F)[nH]c2c1. The quantitative estimate of drug-likeness (QED) is 0.468. The molecule has 0 bridgehead atoms. The van der Waals surface area contributed by atoms with Crippen molar-refractivity contribution in [1.29, 1.82) is 0 Å². The fraction of sp³-hybridized carbons (Fsp3) is 0.0476. The van der Waals surface area contributed by atoms with E-state index >= 15 is 0 Å². The normalized spacial score (nSPS) is 11.1. The molecule has 1 N–H and O–H groups in total. The van der Waals surface area contributed by atoms with Crippen LogP contribution in [0.2, 0.25) is 5.02 Å². The van der Waals surface area contributed by atoms with E-state index < -0.39 is 11.6 Å². The van der Waals surface area contributed by atoms with E-state index in [2.05, 4.69) is 9.97 Å². The maximum atomic E-state index is 14.0. The number of carbonyl (C=O) groups is 1. The Balaban J connectivity index is 1.68. The summed E-state index contributed by atoms with van der Waals surface area (Å²) in [6.07, 6.45) is 0.203. The maximum absolute atomic E-state index is 14.0. The fourth-order valence-electron chi connectivity index (χ4n) is 2.96. The van der Waals surface area contributed by atoms with E-state index in [-0.39, 0.29) is 23.6 Å².